The molecule has 7 nitrogen and oxygen atoms in total. The fraction of sp³-hybridized carbons (Fsp3) is 0.158. The van der Waals surface area contributed by atoms with Gasteiger partial charge < -0.3 is 14.0 Å². The second-order valence-corrected chi connectivity index (χ2v) is 7.37. The van der Waals surface area contributed by atoms with Crippen LogP contribution in [0.2, 0.25) is 10.0 Å². The molecule has 31 heavy (non-hydrogen) atoms. The van der Waals surface area contributed by atoms with Crippen molar-refractivity contribution in [1.82, 2.24) is 19.5 Å². The lowest BCUT2D eigenvalue weighted by Gasteiger charge is -2.07. The first-order valence-electron chi connectivity index (χ1n) is 8.72. The first-order valence-corrected chi connectivity index (χ1v) is 9.47. The monoisotopic (exact) mass is 470 g/mol. The van der Waals surface area contributed by atoms with Crippen LogP contribution in [0.25, 0.3) is 28.6 Å². The number of pyridine rings is 1. The average molecular weight is 471 g/mol. The van der Waals surface area contributed by atoms with E-state index in [4.69, 9.17) is 32.8 Å². The highest BCUT2D eigenvalue weighted by molar-refractivity contribution is 6.33. The summed E-state index contributed by atoms with van der Waals surface area (Å²) in [6.07, 6.45) is -2.18. The van der Waals surface area contributed by atoms with Gasteiger partial charge in [-0.3, -0.25) is 4.79 Å². The summed E-state index contributed by atoms with van der Waals surface area (Å²) in [7, 11) is 0. The zero-order valence-corrected chi connectivity index (χ0v) is 16.8. The number of aromatic nitrogens is 4. The number of rotatable bonds is 5. The Morgan fingerprint density at radius 2 is 1.90 bits per heavy atom. The summed E-state index contributed by atoms with van der Waals surface area (Å²) in [5, 5.41) is 12.8. The molecule has 0 saturated carbocycles. The van der Waals surface area contributed by atoms with Gasteiger partial charge in [0.15, 0.2) is 5.65 Å². The van der Waals surface area contributed by atoms with E-state index in [-0.39, 0.29) is 40.9 Å². The van der Waals surface area contributed by atoms with Crippen molar-refractivity contribution in [2.24, 2.45) is 0 Å². The molecular weight excluding hydrogens is 460 g/mol. The lowest BCUT2D eigenvalue weighted by Crippen LogP contribution is -2.06. The summed E-state index contributed by atoms with van der Waals surface area (Å²) < 4.78 is 45.3. The van der Waals surface area contributed by atoms with Crippen molar-refractivity contribution in [3.63, 3.8) is 0 Å². The van der Waals surface area contributed by atoms with Gasteiger partial charge in [-0.25, -0.2) is 4.98 Å². The van der Waals surface area contributed by atoms with Gasteiger partial charge in [-0.05, 0) is 24.1 Å². The number of benzene rings is 1. The highest BCUT2D eigenvalue weighted by atomic mass is 35.5. The molecule has 0 atom stereocenters. The number of nitrogens with zero attached hydrogens (tertiary/aromatic N) is 4. The number of alkyl halides is 3. The lowest BCUT2D eigenvalue weighted by atomic mass is 10.1. The maximum absolute atomic E-state index is 13.0. The largest absolute Gasteiger partial charge is 0.481 e. The van der Waals surface area contributed by atoms with Crippen LogP contribution in [0.3, 0.4) is 0 Å². The molecule has 3 heterocycles. The van der Waals surface area contributed by atoms with Crippen LogP contribution >= 0.6 is 23.2 Å². The van der Waals surface area contributed by atoms with E-state index in [9.17, 15) is 18.0 Å². The highest BCUT2D eigenvalue weighted by Gasteiger charge is 2.32. The number of hydrogen-bond donors (Lipinski definition) is 1. The van der Waals surface area contributed by atoms with E-state index in [0.717, 1.165) is 16.7 Å². The minimum atomic E-state index is -4.56. The molecule has 0 amide bonds. The van der Waals surface area contributed by atoms with Gasteiger partial charge in [-0.1, -0.05) is 40.5 Å². The summed E-state index contributed by atoms with van der Waals surface area (Å²) in [5.74, 6) is -0.770. The predicted molar refractivity (Wildman–Crippen MR) is 105 cm³/mol. The molecule has 0 saturated heterocycles. The van der Waals surface area contributed by atoms with Gasteiger partial charge in [0, 0.05) is 29.4 Å². The number of aryl methyl sites for hydroxylation is 1. The van der Waals surface area contributed by atoms with Crippen LogP contribution in [0.15, 0.2) is 41.2 Å². The Balaban J connectivity index is 1.64. The summed E-state index contributed by atoms with van der Waals surface area (Å²) in [6, 6.07) is 5.69. The number of carbonyl (C=O) groups is 1. The van der Waals surface area contributed by atoms with Gasteiger partial charge in [0.25, 0.3) is 5.89 Å². The van der Waals surface area contributed by atoms with Gasteiger partial charge in [0.2, 0.25) is 5.82 Å². The van der Waals surface area contributed by atoms with Gasteiger partial charge in [-0.2, -0.15) is 18.2 Å². The Hall–Kier alpha value is -3.11. The van der Waals surface area contributed by atoms with Crippen LogP contribution < -0.4 is 0 Å². The molecule has 1 N–H and O–H groups in total. The minimum Gasteiger partial charge on any atom is -0.481 e. The number of carboxylic acids is 1. The third kappa shape index (κ3) is 4.35. The molecule has 4 rings (SSSR count). The minimum absolute atomic E-state index is 0.0191. The Bertz CT molecular complexity index is 1300. The maximum atomic E-state index is 13.0. The SMILES string of the molecule is O=C(O)CCc1ccc(-c2noc(-c3cn4cc(C(F)(F)F)cc(Cl)c4n3)n2)cc1Cl. The lowest BCUT2D eigenvalue weighted by molar-refractivity contribution is -0.138. The molecule has 0 bridgehead atoms. The normalized spacial score (nSPS) is 11.9. The van der Waals surface area contributed by atoms with Crippen molar-refractivity contribution >= 4 is 34.8 Å². The van der Waals surface area contributed by atoms with Crippen molar-refractivity contribution in [3.8, 4) is 23.0 Å². The van der Waals surface area contributed by atoms with E-state index in [2.05, 4.69) is 15.1 Å². The smallest absolute Gasteiger partial charge is 0.417 e. The zero-order chi connectivity index (χ0) is 22.3. The topological polar surface area (TPSA) is 93.5 Å². The van der Waals surface area contributed by atoms with Crippen LogP contribution in [0, 0.1) is 0 Å². The molecule has 4 aromatic rings. The molecular formula is C19H11Cl2F3N4O3. The molecule has 0 aliphatic carbocycles. The number of imidazole rings is 1. The molecule has 1 aromatic carbocycles. The first-order chi connectivity index (χ1) is 14.6. The summed E-state index contributed by atoms with van der Waals surface area (Å²) in [4.78, 5) is 19.1. The van der Waals surface area contributed by atoms with Crippen molar-refractivity contribution in [2.45, 2.75) is 19.0 Å². The van der Waals surface area contributed by atoms with Gasteiger partial charge in [-0.15, -0.1) is 0 Å². The van der Waals surface area contributed by atoms with Gasteiger partial charge in [0.1, 0.15) is 5.69 Å². The number of aliphatic carboxylic acids is 1. The number of halogens is 5. The fourth-order valence-electron chi connectivity index (χ4n) is 2.89. The Morgan fingerprint density at radius 3 is 2.58 bits per heavy atom. The van der Waals surface area contributed by atoms with Crippen LogP contribution in [0.5, 0.6) is 0 Å². The van der Waals surface area contributed by atoms with Crippen molar-refractivity contribution in [1.29, 1.82) is 0 Å². The van der Waals surface area contributed by atoms with Crippen LogP contribution in [-0.2, 0) is 17.4 Å². The van der Waals surface area contributed by atoms with E-state index in [1.165, 1.54) is 6.20 Å². The standard InChI is InChI=1S/C19H11Cl2F3N4O3/c20-12-5-10(2-1-9(12)3-4-15(29)30)16-26-18(31-27-16)14-8-28-7-11(19(22,23)24)6-13(21)17(28)25-14/h1-2,5-8H,3-4H2,(H,29,30). The number of hydrogen-bond acceptors (Lipinski definition) is 5. The highest BCUT2D eigenvalue weighted by Crippen LogP contribution is 2.33. The molecule has 0 fully saturated rings. The van der Waals surface area contributed by atoms with Crippen molar-refractivity contribution in [2.75, 3.05) is 0 Å². The van der Waals surface area contributed by atoms with Gasteiger partial charge >= 0.3 is 12.1 Å². The molecule has 0 radical (unpaired) electrons. The summed E-state index contributed by atoms with van der Waals surface area (Å²) >= 11 is 12.2. The quantitative estimate of drug-likeness (QED) is 0.420. The van der Waals surface area contributed by atoms with E-state index in [1.807, 2.05) is 0 Å². The van der Waals surface area contributed by atoms with E-state index < -0.39 is 17.7 Å². The van der Waals surface area contributed by atoms with Crippen LogP contribution in [0.1, 0.15) is 17.5 Å². The zero-order valence-electron chi connectivity index (χ0n) is 15.3. The van der Waals surface area contributed by atoms with Crippen LogP contribution in [-0.4, -0.2) is 30.6 Å². The maximum Gasteiger partial charge on any atom is 0.417 e. The van der Waals surface area contributed by atoms with E-state index >= 15 is 0 Å². The van der Waals surface area contributed by atoms with Gasteiger partial charge in [0.05, 0.1) is 10.6 Å². The molecule has 0 aliphatic rings. The molecule has 3 aromatic heterocycles. The van der Waals surface area contributed by atoms with E-state index in [1.54, 1.807) is 18.2 Å². The van der Waals surface area contributed by atoms with Crippen molar-refractivity contribution in [3.05, 3.63) is 57.8 Å². The molecule has 160 valence electrons. The third-order valence-electron chi connectivity index (χ3n) is 4.40. The molecule has 0 spiro atoms. The fourth-order valence-corrected chi connectivity index (χ4v) is 3.42. The molecule has 12 heteroatoms. The van der Waals surface area contributed by atoms with E-state index in [0.29, 0.717) is 16.1 Å². The second kappa shape index (κ2) is 7.86. The Kier molecular flexibility index (Phi) is 5.36. The average Bonchev–Trinajstić information content (AvgIpc) is 3.33. The number of fused-ring (bicyclic) bond motifs is 1. The predicted octanol–water partition coefficient (Wildman–Crippen LogP) is 5.39. The molecule has 0 aliphatic heterocycles. The summed E-state index contributed by atoms with van der Waals surface area (Å²) in [6.45, 7) is 0. The van der Waals surface area contributed by atoms with Crippen LogP contribution in [0.4, 0.5) is 13.2 Å². The first kappa shape index (κ1) is 21.1. The van der Waals surface area contributed by atoms with Crippen molar-refractivity contribution < 1.29 is 27.6 Å². The Morgan fingerprint density at radius 1 is 1.13 bits per heavy atom. The Labute approximate surface area is 182 Å². The second-order valence-electron chi connectivity index (χ2n) is 6.55. The third-order valence-corrected chi connectivity index (χ3v) is 5.03. The summed E-state index contributed by atoms with van der Waals surface area (Å²) in [5.41, 5.74) is 0.504. The molecule has 0 unspecified atom stereocenters. The number of carboxylic acid groups (broad SMARTS) is 1.